The van der Waals surface area contributed by atoms with Crippen molar-refractivity contribution in [2.45, 2.75) is 45.3 Å². The van der Waals surface area contributed by atoms with E-state index in [9.17, 15) is 14.0 Å². The number of carbonyl (C=O) groups excluding carboxylic acids is 2. The molecule has 3 rings (SSSR count). The van der Waals surface area contributed by atoms with E-state index in [1.54, 1.807) is 19.1 Å². The molecule has 1 amide bonds. The summed E-state index contributed by atoms with van der Waals surface area (Å²) >= 11 is 0. The molecule has 5 heteroatoms. The van der Waals surface area contributed by atoms with Crippen LogP contribution in [0.15, 0.2) is 42.5 Å². The summed E-state index contributed by atoms with van der Waals surface area (Å²) in [5.74, 6) is -1.13. The number of rotatable bonds is 6. The Balaban J connectivity index is 1.47. The normalized spacial score (nSPS) is 13.8. The number of amides is 1. The summed E-state index contributed by atoms with van der Waals surface area (Å²) in [6.07, 6.45) is 2.60. The van der Waals surface area contributed by atoms with Gasteiger partial charge in [0, 0.05) is 6.54 Å². The minimum absolute atomic E-state index is 0.156. The first-order chi connectivity index (χ1) is 12.5. The summed E-state index contributed by atoms with van der Waals surface area (Å²) in [4.78, 5) is 24.2. The van der Waals surface area contributed by atoms with Gasteiger partial charge in [0.1, 0.15) is 5.82 Å². The summed E-state index contributed by atoms with van der Waals surface area (Å²) in [7, 11) is 0. The molecule has 0 fully saturated rings. The Morgan fingerprint density at radius 2 is 1.77 bits per heavy atom. The molecule has 0 unspecified atom stereocenters. The fraction of sp³-hybridized carbons (Fsp3) is 0.333. The second-order valence-electron chi connectivity index (χ2n) is 6.61. The standard InChI is InChI=1S/C21H22FNO3/c1-14(21(25)23-13-15-6-9-19(22)10-7-15)26-20(24)12-16-5-8-17-3-2-4-18(17)11-16/h5-11,14H,2-4,12-13H2,1H3,(H,23,25)/t14-/m1/s1. The molecule has 1 aliphatic carbocycles. The zero-order valence-electron chi connectivity index (χ0n) is 14.8. The molecule has 1 N–H and O–H groups in total. The van der Waals surface area contributed by atoms with Crippen LogP contribution in [-0.4, -0.2) is 18.0 Å². The molecule has 0 heterocycles. The second kappa shape index (κ2) is 8.13. The Morgan fingerprint density at radius 1 is 1.08 bits per heavy atom. The number of nitrogens with one attached hydrogen (secondary N) is 1. The molecule has 4 nitrogen and oxygen atoms in total. The maximum atomic E-state index is 12.9. The molecule has 0 radical (unpaired) electrons. The highest BCUT2D eigenvalue weighted by atomic mass is 19.1. The highest BCUT2D eigenvalue weighted by Gasteiger charge is 2.18. The van der Waals surface area contributed by atoms with Gasteiger partial charge in [-0.2, -0.15) is 0 Å². The fourth-order valence-corrected chi connectivity index (χ4v) is 3.13. The van der Waals surface area contributed by atoms with Gasteiger partial charge in [-0.05, 0) is 60.6 Å². The predicted molar refractivity (Wildman–Crippen MR) is 96.0 cm³/mol. The minimum atomic E-state index is -0.877. The Bertz CT molecular complexity index is 801. The van der Waals surface area contributed by atoms with Gasteiger partial charge >= 0.3 is 5.97 Å². The minimum Gasteiger partial charge on any atom is -0.452 e. The summed E-state index contributed by atoms with van der Waals surface area (Å²) in [5, 5.41) is 2.68. The SMILES string of the molecule is C[C@@H](OC(=O)Cc1ccc2c(c1)CCC2)C(=O)NCc1ccc(F)cc1. The predicted octanol–water partition coefficient (Wildman–Crippen LogP) is 3.11. The number of aryl methyl sites for hydroxylation is 2. The van der Waals surface area contributed by atoms with Crippen molar-refractivity contribution in [2.24, 2.45) is 0 Å². The van der Waals surface area contributed by atoms with E-state index < -0.39 is 12.1 Å². The maximum absolute atomic E-state index is 12.9. The lowest BCUT2D eigenvalue weighted by atomic mass is 10.0. The van der Waals surface area contributed by atoms with Crippen molar-refractivity contribution < 1.29 is 18.7 Å². The average Bonchev–Trinajstić information content (AvgIpc) is 3.08. The molecule has 0 aromatic heterocycles. The largest absolute Gasteiger partial charge is 0.452 e. The highest BCUT2D eigenvalue weighted by molar-refractivity contribution is 5.83. The summed E-state index contributed by atoms with van der Waals surface area (Å²) in [6.45, 7) is 1.80. The molecule has 1 aliphatic rings. The van der Waals surface area contributed by atoms with Crippen LogP contribution in [0.5, 0.6) is 0 Å². The fourth-order valence-electron chi connectivity index (χ4n) is 3.13. The van der Waals surface area contributed by atoms with Crippen LogP contribution < -0.4 is 5.32 Å². The number of esters is 1. The zero-order valence-corrected chi connectivity index (χ0v) is 14.8. The Hall–Kier alpha value is -2.69. The molecule has 136 valence electrons. The zero-order chi connectivity index (χ0) is 18.5. The quantitative estimate of drug-likeness (QED) is 0.810. The van der Waals surface area contributed by atoms with Crippen molar-refractivity contribution >= 4 is 11.9 Å². The van der Waals surface area contributed by atoms with Crippen LogP contribution in [-0.2, 0) is 40.1 Å². The van der Waals surface area contributed by atoms with Crippen LogP contribution in [0.3, 0.4) is 0 Å². The van der Waals surface area contributed by atoms with E-state index in [1.807, 2.05) is 6.07 Å². The van der Waals surface area contributed by atoms with Crippen molar-refractivity contribution in [3.63, 3.8) is 0 Å². The number of benzene rings is 2. The van der Waals surface area contributed by atoms with Crippen molar-refractivity contribution in [2.75, 3.05) is 0 Å². The lowest BCUT2D eigenvalue weighted by Crippen LogP contribution is -2.35. The van der Waals surface area contributed by atoms with Crippen LogP contribution in [0.1, 0.15) is 35.6 Å². The first-order valence-electron chi connectivity index (χ1n) is 8.83. The third-order valence-electron chi connectivity index (χ3n) is 4.57. The van der Waals surface area contributed by atoms with Gasteiger partial charge < -0.3 is 10.1 Å². The molecular formula is C21H22FNO3. The third kappa shape index (κ3) is 4.69. The van der Waals surface area contributed by atoms with Gasteiger partial charge in [-0.25, -0.2) is 4.39 Å². The van der Waals surface area contributed by atoms with Crippen molar-refractivity contribution in [3.8, 4) is 0 Å². The topological polar surface area (TPSA) is 55.4 Å². The van der Waals surface area contributed by atoms with E-state index in [1.165, 1.54) is 23.3 Å². The van der Waals surface area contributed by atoms with E-state index in [0.717, 1.165) is 30.4 Å². The monoisotopic (exact) mass is 355 g/mol. The molecule has 2 aromatic rings. The van der Waals surface area contributed by atoms with Crippen LogP contribution in [0.2, 0.25) is 0 Å². The van der Waals surface area contributed by atoms with Crippen molar-refractivity contribution in [1.29, 1.82) is 0 Å². The number of fused-ring (bicyclic) bond motifs is 1. The van der Waals surface area contributed by atoms with E-state index in [2.05, 4.69) is 17.4 Å². The molecule has 1 atom stereocenters. The lowest BCUT2D eigenvalue weighted by Gasteiger charge is -2.14. The Morgan fingerprint density at radius 3 is 2.54 bits per heavy atom. The Labute approximate surface area is 152 Å². The summed E-state index contributed by atoms with van der Waals surface area (Å²) in [6, 6.07) is 11.9. The molecule has 0 bridgehead atoms. The van der Waals surface area contributed by atoms with E-state index in [-0.39, 0.29) is 24.7 Å². The average molecular weight is 355 g/mol. The van der Waals surface area contributed by atoms with Gasteiger partial charge in [0.05, 0.1) is 6.42 Å². The van der Waals surface area contributed by atoms with E-state index >= 15 is 0 Å². The van der Waals surface area contributed by atoms with Gasteiger partial charge in [0.2, 0.25) is 0 Å². The van der Waals surface area contributed by atoms with Gasteiger partial charge in [-0.15, -0.1) is 0 Å². The summed E-state index contributed by atoms with van der Waals surface area (Å²) in [5.41, 5.74) is 4.35. The number of ether oxygens (including phenoxy) is 1. The number of hydrogen-bond donors (Lipinski definition) is 1. The molecular weight excluding hydrogens is 333 g/mol. The van der Waals surface area contributed by atoms with Gasteiger partial charge in [-0.3, -0.25) is 9.59 Å². The molecule has 0 spiro atoms. The van der Waals surface area contributed by atoms with E-state index in [0.29, 0.717) is 0 Å². The van der Waals surface area contributed by atoms with Crippen LogP contribution in [0, 0.1) is 5.82 Å². The summed E-state index contributed by atoms with van der Waals surface area (Å²) < 4.78 is 18.1. The van der Waals surface area contributed by atoms with Crippen molar-refractivity contribution in [3.05, 3.63) is 70.5 Å². The van der Waals surface area contributed by atoms with Crippen LogP contribution in [0.25, 0.3) is 0 Å². The molecule has 0 saturated carbocycles. The van der Waals surface area contributed by atoms with Gasteiger partial charge in [0.15, 0.2) is 6.10 Å². The van der Waals surface area contributed by atoms with Crippen LogP contribution >= 0.6 is 0 Å². The smallest absolute Gasteiger partial charge is 0.311 e. The second-order valence-corrected chi connectivity index (χ2v) is 6.61. The molecule has 2 aromatic carbocycles. The molecule has 0 saturated heterocycles. The van der Waals surface area contributed by atoms with Crippen molar-refractivity contribution in [1.82, 2.24) is 5.32 Å². The molecule has 0 aliphatic heterocycles. The molecule has 26 heavy (non-hydrogen) atoms. The number of carbonyl (C=O) groups is 2. The van der Waals surface area contributed by atoms with E-state index in [4.69, 9.17) is 4.74 Å². The number of halogens is 1. The highest BCUT2D eigenvalue weighted by Crippen LogP contribution is 2.23. The van der Waals surface area contributed by atoms with Crippen LogP contribution in [0.4, 0.5) is 4.39 Å². The third-order valence-corrected chi connectivity index (χ3v) is 4.57. The maximum Gasteiger partial charge on any atom is 0.311 e. The number of hydrogen-bond acceptors (Lipinski definition) is 3. The Kier molecular flexibility index (Phi) is 5.66. The first kappa shape index (κ1) is 18.1. The first-order valence-corrected chi connectivity index (χ1v) is 8.83. The lowest BCUT2D eigenvalue weighted by molar-refractivity contribution is -0.154. The van der Waals surface area contributed by atoms with Gasteiger partial charge in [-0.1, -0.05) is 30.3 Å². The van der Waals surface area contributed by atoms with Gasteiger partial charge in [0.25, 0.3) is 5.91 Å².